The van der Waals surface area contributed by atoms with Gasteiger partial charge in [-0.2, -0.15) is 0 Å². The molecule has 1 amide bonds. The zero-order valence-corrected chi connectivity index (χ0v) is 20.8. The lowest BCUT2D eigenvalue weighted by molar-refractivity contribution is -0.218. The Kier molecular flexibility index (Phi) is 8.79. The van der Waals surface area contributed by atoms with E-state index in [0.717, 1.165) is 41.5 Å². The molecule has 0 bridgehead atoms. The zero-order valence-electron chi connectivity index (χ0n) is 20.8. The highest BCUT2D eigenvalue weighted by molar-refractivity contribution is 5.99. The molecular formula is C28H35NO6. The fourth-order valence-electron chi connectivity index (χ4n) is 4.45. The minimum atomic E-state index is -0.363. The van der Waals surface area contributed by atoms with Crippen LogP contribution >= 0.6 is 0 Å². The fourth-order valence-corrected chi connectivity index (χ4v) is 4.45. The van der Waals surface area contributed by atoms with Crippen LogP contribution in [0.25, 0.3) is 5.57 Å². The van der Waals surface area contributed by atoms with E-state index < -0.39 is 0 Å². The summed E-state index contributed by atoms with van der Waals surface area (Å²) in [6.45, 7) is 5.15. The Morgan fingerprint density at radius 2 is 1.71 bits per heavy atom. The van der Waals surface area contributed by atoms with Crippen molar-refractivity contribution in [1.82, 2.24) is 4.90 Å². The molecule has 2 aromatic carbocycles. The number of carbonyl (C=O) groups is 1. The molecule has 4 rings (SSSR count). The molecule has 0 aromatic heterocycles. The maximum Gasteiger partial charge on any atom is 0.247 e. The van der Waals surface area contributed by atoms with Crippen molar-refractivity contribution < 1.29 is 28.5 Å². The quantitative estimate of drug-likeness (QED) is 0.514. The predicted octanol–water partition coefficient (Wildman–Crippen LogP) is 4.60. The van der Waals surface area contributed by atoms with Crippen molar-refractivity contribution in [3.05, 3.63) is 65.2 Å². The van der Waals surface area contributed by atoms with Crippen LogP contribution in [0.4, 0.5) is 0 Å². The Hall–Kier alpha value is -2.87. The molecule has 2 saturated heterocycles. The van der Waals surface area contributed by atoms with E-state index in [9.17, 15) is 4.79 Å². The first-order chi connectivity index (χ1) is 17.1. The molecule has 0 aliphatic carbocycles. The number of carbonyl (C=O) groups excluding carboxylic acids is 1. The molecule has 188 valence electrons. The minimum absolute atomic E-state index is 0.0384. The molecular weight excluding hydrogens is 446 g/mol. The number of morpholine rings is 1. The molecule has 0 spiro atoms. The average Bonchev–Trinajstić information content (AvgIpc) is 2.92. The Bertz CT molecular complexity index is 1010. The predicted molar refractivity (Wildman–Crippen MR) is 134 cm³/mol. The summed E-state index contributed by atoms with van der Waals surface area (Å²) in [5, 5.41) is 0. The zero-order chi connectivity index (χ0) is 24.6. The third-order valence-corrected chi connectivity index (χ3v) is 6.41. The van der Waals surface area contributed by atoms with Crippen molar-refractivity contribution in [3.63, 3.8) is 0 Å². The standard InChI is InChI=1S/C28H35NO6/c1-4-5-23-12-15-34-28(35-23)21-8-6-20(7-9-21)24(19-27(30)29-13-16-33-17-14-29)22-10-11-25(31-2)26(18-22)32-3/h6-11,18-19,23,28H,4-5,12-17H2,1-3H3/b24-19-. The Morgan fingerprint density at radius 1 is 1.00 bits per heavy atom. The van der Waals surface area contributed by atoms with Crippen LogP contribution in [0.1, 0.15) is 49.2 Å². The summed E-state index contributed by atoms with van der Waals surface area (Å²) < 4.78 is 28.4. The second-order valence-corrected chi connectivity index (χ2v) is 8.73. The third-order valence-electron chi connectivity index (χ3n) is 6.41. The molecule has 2 aromatic rings. The van der Waals surface area contributed by atoms with Crippen LogP contribution in [0.15, 0.2) is 48.5 Å². The van der Waals surface area contributed by atoms with Crippen molar-refractivity contribution in [2.75, 3.05) is 47.1 Å². The van der Waals surface area contributed by atoms with E-state index in [2.05, 4.69) is 6.92 Å². The summed E-state index contributed by atoms with van der Waals surface area (Å²) >= 11 is 0. The van der Waals surface area contributed by atoms with Gasteiger partial charge in [0.05, 0.1) is 40.1 Å². The summed E-state index contributed by atoms with van der Waals surface area (Å²) in [6, 6.07) is 13.8. The van der Waals surface area contributed by atoms with Crippen molar-refractivity contribution in [2.45, 2.75) is 38.6 Å². The molecule has 0 saturated carbocycles. The third kappa shape index (κ3) is 6.23. The molecule has 2 aliphatic rings. The summed E-state index contributed by atoms with van der Waals surface area (Å²) in [7, 11) is 3.21. The van der Waals surface area contributed by atoms with Crippen LogP contribution in [0.5, 0.6) is 11.5 Å². The molecule has 35 heavy (non-hydrogen) atoms. The van der Waals surface area contributed by atoms with Crippen LogP contribution < -0.4 is 9.47 Å². The van der Waals surface area contributed by atoms with Crippen LogP contribution in [0.3, 0.4) is 0 Å². The van der Waals surface area contributed by atoms with Gasteiger partial charge < -0.3 is 28.6 Å². The van der Waals surface area contributed by atoms with Crippen LogP contribution in [-0.4, -0.2) is 64.0 Å². The van der Waals surface area contributed by atoms with Gasteiger partial charge in [0.15, 0.2) is 17.8 Å². The number of ether oxygens (including phenoxy) is 5. The van der Waals surface area contributed by atoms with Crippen LogP contribution in [0.2, 0.25) is 0 Å². The van der Waals surface area contributed by atoms with Gasteiger partial charge in [0.2, 0.25) is 5.91 Å². The number of rotatable bonds is 8. The largest absolute Gasteiger partial charge is 0.493 e. The SMILES string of the molecule is CCCC1CCOC(c2ccc(/C(=C/C(=O)N3CCOCC3)c3ccc(OC)c(OC)c3)cc2)O1. The Balaban J connectivity index is 1.64. The van der Waals surface area contributed by atoms with Crippen molar-refractivity contribution in [1.29, 1.82) is 0 Å². The molecule has 7 heteroatoms. The first kappa shape index (κ1) is 25.2. The minimum Gasteiger partial charge on any atom is -0.493 e. The van der Waals surface area contributed by atoms with Gasteiger partial charge in [0, 0.05) is 24.7 Å². The molecule has 0 N–H and O–H groups in total. The lowest BCUT2D eigenvalue weighted by Crippen LogP contribution is -2.39. The number of benzene rings is 2. The first-order valence-electron chi connectivity index (χ1n) is 12.3. The highest BCUT2D eigenvalue weighted by Crippen LogP contribution is 2.34. The number of amides is 1. The number of nitrogens with zero attached hydrogens (tertiary/aromatic N) is 1. The second-order valence-electron chi connectivity index (χ2n) is 8.73. The first-order valence-corrected chi connectivity index (χ1v) is 12.3. The van der Waals surface area contributed by atoms with E-state index in [1.165, 1.54) is 0 Å². The van der Waals surface area contributed by atoms with E-state index in [1.807, 2.05) is 47.4 Å². The van der Waals surface area contributed by atoms with Gasteiger partial charge in [-0.05, 0) is 41.7 Å². The second kappa shape index (κ2) is 12.2. The normalized spacial score (nSPS) is 21.0. The van der Waals surface area contributed by atoms with Gasteiger partial charge >= 0.3 is 0 Å². The van der Waals surface area contributed by atoms with Crippen LogP contribution in [0, 0.1) is 0 Å². The average molecular weight is 482 g/mol. The van der Waals surface area contributed by atoms with Crippen molar-refractivity contribution in [2.24, 2.45) is 0 Å². The smallest absolute Gasteiger partial charge is 0.247 e. The number of hydrogen-bond acceptors (Lipinski definition) is 6. The van der Waals surface area contributed by atoms with E-state index >= 15 is 0 Å². The fraction of sp³-hybridized carbons (Fsp3) is 0.464. The topological polar surface area (TPSA) is 66.5 Å². The molecule has 2 unspecified atom stereocenters. The Morgan fingerprint density at radius 3 is 2.40 bits per heavy atom. The van der Waals surface area contributed by atoms with Gasteiger partial charge in [-0.15, -0.1) is 0 Å². The van der Waals surface area contributed by atoms with E-state index in [0.29, 0.717) is 44.4 Å². The molecule has 2 atom stereocenters. The molecule has 2 aliphatic heterocycles. The summed E-state index contributed by atoms with van der Waals surface area (Å²) in [4.78, 5) is 15.0. The summed E-state index contributed by atoms with van der Waals surface area (Å²) in [6.07, 6.45) is 4.62. The highest BCUT2D eigenvalue weighted by atomic mass is 16.7. The molecule has 2 fully saturated rings. The van der Waals surface area contributed by atoms with Gasteiger partial charge in [-0.25, -0.2) is 0 Å². The number of methoxy groups -OCH3 is 2. The maximum atomic E-state index is 13.1. The lowest BCUT2D eigenvalue weighted by Gasteiger charge is -2.30. The van der Waals surface area contributed by atoms with Crippen molar-refractivity contribution >= 4 is 11.5 Å². The number of hydrogen-bond donors (Lipinski definition) is 0. The monoisotopic (exact) mass is 481 g/mol. The van der Waals surface area contributed by atoms with Gasteiger partial charge in [0.25, 0.3) is 0 Å². The summed E-state index contributed by atoms with van der Waals surface area (Å²) in [5.41, 5.74) is 3.57. The lowest BCUT2D eigenvalue weighted by atomic mass is 9.95. The van der Waals surface area contributed by atoms with Gasteiger partial charge in [0.1, 0.15) is 0 Å². The molecule has 0 radical (unpaired) electrons. The summed E-state index contributed by atoms with van der Waals surface area (Å²) in [5.74, 6) is 1.21. The van der Waals surface area contributed by atoms with E-state index in [4.69, 9.17) is 23.7 Å². The van der Waals surface area contributed by atoms with E-state index in [-0.39, 0.29) is 18.3 Å². The maximum absolute atomic E-state index is 13.1. The van der Waals surface area contributed by atoms with Crippen molar-refractivity contribution in [3.8, 4) is 11.5 Å². The molecule has 7 nitrogen and oxygen atoms in total. The van der Waals surface area contributed by atoms with Crippen LogP contribution in [-0.2, 0) is 19.0 Å². The van der Waals surface area contributed by atoms with E-state index in [1.54, 1.807) is 20.3 Å². The van der Waals surface area contributed by atoms with Gasteiger partial charge in [-0.1, -0.05) is 43.7 Å². The molecule has 2 heterocycles. The Labute approximate surface area is 207 Å². The van der Waals surface area contributed by atoms with Gasteiger partial charge in [-0.3, -0.25) is 4.79 Å². The highest BCUT2D eigenvalue weighted by Gasteiger charge is 2.24.